The number of rotatable bonds is 11. The number of pyridine rings is 1. The number of nitrogens with zero attached hydrogens (tertiary/aromatic N) is 9. The number of hydrazine groups is 1. The molecule has 5 atom stereocenters. The zero-order valence-electron chi connectivity index (χ0n) is 48.2. The van der Waals surface area contributed by atoms with Crippen molar-refractivity contribution in [2.45, 2.75) is 123 Å². The number of benzene rings is 1. The number of piperazine rings is 1. The molecule has 8 heterocycles. The number of amides is 5. The molecule has 20 heteroatoms. The minimum absolute atomic E-state index is 0.123. The summed E-state index contributed by atoms with van der Waals surface area (Å²) in [5.41, 5.74) is 9.76. The van der Waals surface area contributed by atoms with Crippen LogP contribution in [0, 0.1) is 16.7 Å². The van der Waals surface area contributed by atoms with Crippen LogP contribution >= 0.6 is 0 Å². The first-order valence-corrected chi connectivity index (χ1v) is 28.9. The standard InChI is InChI=1S/C59H86FN11O8/c1-10-70-49-16-15-41-31-44(49)46(53(70)45-32-42(35-61-51(45)40(4)77-9)66-27-25-64(7)26-28-66)34-58(5,6)38-79-56(75)47-13-12-21-71(63-47)55(74)48(33-43-36-68(41)29-30-78-43)62-54(73)52(39(2)3)65(8)57(76)67-22-17-59(18-23-67)19-24-69(37-59)50(72)14-11-20-60/h11,14-16,31-32,35,39-40,43,47-48,52,63H,10,12-13,17-30,33-34,36-38H2,1-9H3,(H,62,73)/b14-11+/t40-,43-,47-,48-,52-/m0/s1. The Morgan fingerprint density at radius 2 is 1.71 bits per heavy atom. The lowest BCUT2D eigenvalue weighted by atomic mass is 9.78. The van der Waals surface area contributed by atoms with Crippen molar-refractivity contribution in [3.05, 3.63) is 53.9 Å². The number of likely N-dealkylation sites (N-methyl/N-ethyl adjacent to an activating group) is 2. The van der Waals surface area contributed by atoms with Crippen LogP contribution in [0.1, 0.15) is 97.4 Å². The monoisotopic (exact) mass is 1100 g/mol. The fourth-order valence-corrected chi connectivity index (χ4v) is 13.0. The highest BCUT2D eigenvalue weighted by Gasteiger charge is 2.45. The number of halogens is 1. The first-order valence-electron chi connectivity index (χ1n) is 28.9. The van der Waals surface area contributed by atoms with Crippen LogP contribution in [0.25, 0.3) is 22.2 Å². The van der Waals surface area contributed by atoms with Crippen molar-refractivity contribution < 1.29 is 42.6 Å². The van der Waals surface area contributed by atoms with Gasteiger partial charge < -0.3 is 53.5 Å². The molecule has 2 N–H and O–H groups in total. The number of piperidine rings is 1. The Bertz CT molecular complexity index is 2730. The van der Waals surface area contributed by atoms with E-state index in [0.717, 1.165) is 77.4 Å². The predicted octanol–water partition coefficient (Wildman–Crippen LogP) is 5.80. The molecule has 1 spiro atoms. The molecule has 0 unspecified atom stereocenters. The largest absolute Gasteiger partial charge is 0.464 e. The van der Waals surface area contributed by atoms with Crippen molar-refractivity contribution >= 4 is 52.0 Å². The van der Waals surface area contributed by atoms with Crippen molar-refractivity contribution in [3.8, 4) is 11.3 Å². The highest BCUT2D eigenvalue weighted by atomic mass is 19.1. The number of ether oxygens (including phenoxy) is 3. The molecule has 1 aromatic carbocycles. The third-order valence-corrected chi connectivity index (χ3v) is 17.7. The summed E-state index contributed by atoms with van der Waals surface area (Å²) in [4.78, 5) is 88.2. The van der Waals surface area contributed by atoms with E-state index in [2.05, 4.69) is 82.1 Å². The number of likely N-dealkylation sites (tertiary alicyclic amines) is 2. The van der Waals surface area contributed by atoms with Gasteiger partial charge in [0.25, 0.3) is 5.91 Å². The maximum Gasteiger partial charge on any atom is 0.324 e. The average Bonchev–Trinajstić information content (AvgIpc) is 4.20. The summed E-state index contributed by atoms with van der Waals surface area (Å²) in [7, 11) is 5.52. The third-order valence-electron chi connectivity index (χ3n) is 17.7. The van der Waals surface area contributed by atoms with Crippen LogP contribution in [0.15, 0.2) is 42.6 Å². The number of nitrogens with one attached hydrogen (secondary N) is 2. The predicted molar refractivity (Wildman–Crippen MR) is 302 cm³/mol. The van der Waals surface area contributed by atoms with Gasteiger partial charge in [-0.15, -0.1) is 0 Å². The van der Waals surface area contributed by atoms with E-state index in [9.17, 15) is 28.4 Å². The number of aryl methyl sites for hydroxylation is 1. The molecule has 0 saturated carbocycles. The molecule has 6 bridgehead atoms. The van der Waals surface area contributed by atoms with Gasteiger partial charge >= 0.3 is 12.0 Å². The highest BCUT2D eigenvalue weighted by Crippen LogP contribution is 2.44. The van der Waals surface area contributed by atoms with Crippen LogP contribution in [-0.4, -0.2) is 201 Å². The number of aromatic nitrogens is 2. The van der Waals surface area contributed by atoms with Gasteiger partial charge in [-0.05, 0) is 107 Å². The number of cyclic esters (lactones) is 1. The Hall–Kier alpha value is -5.83. The SMILES string of the molecule is CCn1c(-c2cc(N3CCN(C)CC3)cnc2[C@H](C)OC)c2c3cc(ccc31)N1CCO[C@@H](C[C@H](NC(=O)[C@H](C(C)C)N(C)C(=O)N3CCC4(CCN(C(=O)/C=C/CF)C4)CC3)C(=O)N3CCC[C@H](N3)C(=O)OCC(C)(C)C2)C1. The topological polar surface area (TPSA) is 178 Å². The van der Waals surface area contributed by atoms with Gasteiger partial charge in [0.05, 0.1) is 48.7 Å². The molecule has 0 aliphatic carbocycles. The van der Waals surface area contributed by atoms with Crippen LogP contribution in [-0.2, 0) is 46.4 Å². The lowest BCUT2D eigenvalue weighted by Crippen LogP contribution is -2.63. The minimum atomic E-state index is -1.07. The zero-order valence-corrected chi connectivity index (χ0v) is 48.2. The van der Waals surface area contributed by atoms with Crippen LogP contribution < -0.4 is 20.5 Å². The van der Waals surface area contributed by atoms with Crippen LogP contribution in [0.3, 0.4) is 0 Å². The number of methoxy groups -OCH3 is 1. The van der Waals surface area contributed by atoms with Crippen LogP contribution in [0.5, 0.6) is 0 Å². The molecule has 9 rings (SSSR count). The van der Waals surface area contributed by atoms with Crippen molar-refractivity contribution in [2.75, 3.05) is 123 Å². The molecular formula is C59H86FN11O8. The molecule has 19 nitrogen and oxygen atoms in total. The molecule has 6 aliphatic rings. The van der Waals surface area contributed by atoms with Gasteiger partial charge in [-0.3, -0.25) is 29.2 Å². The summed E-state index contributed by atoms with van der Waals surface area (Å²) in [6.45, 7) is 19.9. The highest BCUT2D eigenvalue weighted by molar-refractivity contribution is 5.96. The molecule has 6 aliphatic heterocycles. The second-order valence-corrected chi connectivity index (χ2v) is 24.2. The Kier molecular flexibility index (Phi) is 17.9. The molecular weight excluding hydrogens is 1010 g/mol. The van der Waals surface area contributed by atoms with Gasteiger partial charge in [-0.2, -0.15) is 0 Å². The smallest absolute Gasteiger partial charge is 0.324 e. The van der Waals surface area contributed by atoms with Gasteiger partial charge in [0.1, 0.15) is 24.8 Å². The number of allylic oxidation sites excluding steroid dienone is 1. The summed E-state index contributed by atoms with van der Waals surface area (Å²) in [5, 5.41) is 5.66. The number of morpholine rings is 1. The molecule has 79 heavy (non-hydrogen) atoms. The lowest BCUT2D eigenvalue weighted by Gasteiger charge is -2.42. The summed E-state index contributed by atoms with van der Waals surface area (Å²) >= 11 is 0. The number of urea groups is 1. The molecule has 0 radical (unpaired) electrons. The van der Waals surface area contributed by atoms with Crippen molar-refractivity contribution in [1.29, 1.82) is 0 Å². The first kappa shape index (κ1) is 57.8. The van der Waals surface area contributed by atoms with Crippen LogP contribution in [0.2, 0.25) is 0 Å². The number of hydrogen-bond donors (Lipinski definition) is 2. The second-order valence-electron chi connectivity index (χ2n) is 24.2. The van der Waals surface area contributed by atoms with E-state index in [-0.39, 0.29) is 42.4 Å². The summed E-state index contributed by atoms with van der Waals surface area (Å²) in [6.07, 6.45) is 7.67. The Balaban J connectivity index is 1.01. The number of esters is 1. The minimum Gasteiger partial charge on any atom is -0.464 e. The fourth-order valence-electron chi connectivity index (χ4n) is 13.0. The number of fused-ring (bicyclic) bond motifs is 6. The van der Waals surface area contributed by atoms with Gasteiger partial charge in [0.15, 0.2) is 0 Å². The van der Waals surface area contributed by atoms with E-state index in [1.165, 1.54) is 22.1 Å². The van der Waals surface area contributed by atoms with Crippen molar-refractivity contribution in [3.63, 3.8) is 0 Å². The molecule has 2 aromatic heterocycles. The van der Waals surface area contributed by atoms with Crippen molar-refractivity contribution in [2.24, 2.45) is 16.7 Å². The lowest BCUT2D eigenvalue weighted by molar-refractivity contribution is -0.156. The Labute approximate surface area is 466 Å². The molecule has 432 valence electrons. The fraction of sp³-hybridized carbons (Fsp3) is 0.661. The van der Waals surface area contributed by atoms with E-state index in [4.69, 9.17) is 19.2 Å². The third kappa shape index (κ3) is 12.6. The number of anilines is 2. The van der Waals surface area contributed by atoms with Gasteiger partial charge in [-0.1, -0.05) is 27.7 Å². The van der Waals surface area contributed by atoms with Gasteiger partial charge in [0, 0.05) is 133 Å². The average molecular weight is 1100 g/mol. The molecule has 5 saturated heterocycles. The summed E-state index contributed by atoms with van der Waals surface area (Å²) in [6, 6.07) is 5.86. The molecule has 5 amide bonds. The van der Waals surface area contributed by atoms with Gasteiger partial charge in [0.2, 0.25) is 11.8 Å². The van der Waals surface area contributed by atoms with Crippen molar-refractivity contribution in [1.82, 2.24) is 44.9 Å². The second kappa shape index (κ2) is 24.5. The van der Waals surface area contributed by atoms with E-state index in [0.29, 0.717) is 91.1 Å². The van der Waals surface area contributed by atoms with E-state index in [1.807, 2.05) is 27.0 Å². The van der Waals surface area contributed by atoms with Crippen LogP contribution in [0.4, 0.5) is 20.6 Å². The van der Waals surface area contributed by atoms with E-state index >= 15 is 0 Å². The summed E-state index contributed by atoms with van der Waals surface area (Å²) < 4.78 is 33.9. The quantitative estimate of drug-likeness (QED) is 0.174. The van der Waals surface area contributed by atoms with E-state index < -0.39 is 54.1 Å². The molecule has 5 fully saturated rings. The first-order chi connectivity index (χ1) is 37.8. The normalized spacial score (nSPS) is 24.0. The Morgan fingerprint density at radius 1 is 0.975 bits per heavy atom. The maximum absolute atomic E-state index is 14.9. The number of hydrogen-bond acceptors (Lipinski definition) is 13. The maximum atomic E-state index is 14.9. The summed E-state index contributed by atoms with van der Waals surface area (Å²) in [5.74, 6) is -1.83. The number of carbonyl (C=O) groups is 5. The zero-order chi connectivity index (χ0) is 56.3. The number of carbonyl (C=O) groups excluding carboxylic acids is 5. The Morgan fingerprint density at radius 3 is 2.41 bits per heavy atom. The molecule has 3 aromatic rings. The van der Waals surface area contributed by atoms with E-state index in [1.54, 1.807) is 24.0 Å². The van der Waals surface area contributed by atoms with Gasteiger partial charge in [-0.25, -0.2) is 14.6 Å². The number of alkyl halides is 1.